The molecule has 0 bridgehead atoms. The van der Waals surface area contributed by atoms with Gasteiger partial charge in [0.15, 0.2) is 0 Å². The van der Waals surface area contributed by atoms with E-state index in [1.165, 1.54) is 8.61 Å². The van der Waals surface area contributed by atoms with Gasteiger partial charge in [-0.15, -0.1) is 0 Å². The van der Waals surface area contributed by atoms with E-state index in [0.717, 1.165) is 33.6 Å². The number of aromatic amines is 1. The fourth-order valence-corrected chi connectivity index (χ4v) is 11.1. The predicted octanol–water partition coefficient (Wildman–Crippen LogP) is 6.29. The monoisotopic (exact) mass is 920 g/mol. The van der Waals surface area contributed by atoms with E-state index in [1.54, 1.807) is 54.2 Å². The molecular formula is C42H48N14O5S2Si. The molecule has 2 fully saturated rings. The van der Waals surface area contributed by atoms with Crippen LogP contribution in [0.15, 0.2) is 61.4 Å². The summed E-state index contributed by atoms with van der Waals surface area (Å²) in [6, 6.07) is 12.9. The molecule has 8 rings (SSSR count). The van der Waals surface area contributed by atoms with E-state index in [9.17, 15) is 27.4 Å². The number of H-pyrrole nitrogens is 1. The second-order valence-corrected chi connectivity index (χ2v) is 27.3. The van der Waals surface area contributed by atoms with E-state index in [-0.39, 0.29) is 62.2 Å². The highest BCUT2D eigenvalue weighted by Gasteiger charge is 2.52. The Morgan fingerprint density at radius 3 is 1.78 bits per heavy atom. The normalized spacial score (nSPS) is 16.1. The third-order valence-electron chi connectivity index (χ3n) is 11.7. The lowest BCUT2D eigenvalue weighted by atomic mass is 9.89. The smallest absolute Gasteiger partial charge is 0.303 e. The van der Waals surface area contributed by atoms with Crippen molar-refractivity contribution in [3.63, 3.8) is 0 Å². The number of aromatic nitrogens is 8. The van der Waals surface area contributed by atoms with Crippen LogP contribution in [0.2, 0.25) is 25.7 Å². The SMILES string of the molecule is [C-]#[N+]c1nn(C2(CC#N)CN(S(=O)(=O)CC)C2)cc1-c1ccnc2[nH]ccc12.[C-]#[N+]c1nn(C2(CC#N)CN(S(=O)(=O)CC)C2)cc1-c1ccnc2c1ccn2COCC[Si](C)(C)C. The van der Waals surface area contributed by atoms with Crippen molar-refractivity contribution in [2.24, 2.45) is 0 Å². The van der Waals surface area contributed by atoms with Crippen molar-refractivity contribution in [3.05, 3.63) is 84.3 Å². The van der Waals surface area contributed by atoms with Crippen LogP contribution >= 0.6 is 0 Å². The van der Waals surface area contributed by atoms with Gasteiger partial charge in [0.2, 0.25) is 20.0 Å². The minimum absolute atomic E-state index is 0.00113. The third kappa shape index (κ3) is 8.68. The first-order valence-electron chi connectivity index (χ1n) is 20.6. The maximum absolute atomic E-state index is 12.3. The standard InChI is InChI=1S/C24H31N7O3SSi.C18H17N7O2S/c1-6-35(32,33)30-16-24(17-30,9-10-25)31-15-21(22(26-2)28-31)19-7-11-27-23-20(19)8-12-29(23)18-34-13-14-36(3,4)5;1-3-28(26,27)24-11-18(12-24,6-7-19)25-10-15(16(20-2)23-25)13-4-8-21-17-14(13)5-9-22-17/h7-8,11-12,15H,6,9,13-14,16-18H2,1,3-5H3;4-5,8-10H,3,6,11-12H2,1H3,(H,21,22). The lowest BCUT2D eigenvalue weighted by Crippen LogP contribution is -2.64. The number of hydrogen-bond donors (Lipinski definition) is 1. The van der Waals surface area contributed by atoms with Crippen LogP contribution in [-0.4, -0.2) is 117 Å². The van der Waals surface area contributed by atoms with Crippen LogP contribution in [0, 0.1) is 35.8 Å². The molecule has 0 radical (unpaired) electrons. The zero-order valence-electron chi connectivity index (χ0n) is 36.2. The van der Waals surface area contributed by atoms with Crippen molar-refractivity contribution >= 4 is 61.8 Å². The summed E-state index contributed by atoms with van der Waals surface area (Å²) in [5.41, 5.74) is 2.78. The average Bonchev–Trinajstić information content (AvgIpc) is 4.07. The van der Waals surface area contributed by atoms with Crippen molar-refractivity contribution in [3.8, 4) is 34.4 Å². The molecule has 0 aliphatic carbocycles. The summed E-state index contributed by atoms with van der Waals surface area (Å²) in [5, 5.41) is 29.4. The van der Waals surface area contributed by atoms with Crippen LogP contribution in [0.4, 0.5) is 11.6 Å². The maximum Gasteiger partial charge on any atom is 0.303 e. The van der Waals surface area contributed by atoms with Gasteiger partial charge in [-0.05, 0) is 65.5 Å². The van der Waals surface area contributed by atoms with Gasteiger partial charge in [-0.3, -0.25) is 0 Å². The Balaban J connectivity index is 0.000000197. The Kier molecular flexibility index (Phi) is 12.7. The zero-order valence-corrected chi connectivity index (χ0v) is 38.9. The summed E-state index contributed by atoms with van der Waals surface area (Å²) in [7, 11) is -7.87. The highest BCUT2D eigenvalue weighted by atomic mass is 32.2. The van der Waals surface area contributed by atoms with Crippen molar-refractivity contribution in [1.29, 1.82) is 10.5 Å². The van der Waals surface area contributed by atoms with Gasteiger partial charge < -0.3 is 24.0 Å². The van der Waals surface area contributed by atoms with E-state index in [4.69, 9.17) is 17.9 Å². The summed E-state index contributed by atoms with van der Waals surface area (Å²) in [5.74, 6) is 0.426. The van der Waals surface area contributed by atoms with E-state index in [1.807, 2.05) is 35.0 Å². The molecule has 0 spiro atoms. The van der Waals surface area contributed by atoms with Gasteiger partial charge in [-0.1, -0.05) is 32.8 Å². The first-order valence-corrected chi connectivity index (χ1v) is 27.5. The van der Waals surface area contributed by atoms with E-state index in [2.05, 4.69) is 66.6 Å². The van der Waals surface area contributed by atoms with Gasteiger partial charge in [-0.25, -0.2) is 26.8 Å². The number of nitrogens with zero attached hydrogens (tertiary/aromatic N) is 13. The van der Waals surface area contributed by atoms with E-state index >= 15 is 0 Å². The third-order valence-corrected chi connectivity index (χ3v) is 17.0. The summed E-state index contributed by atoms with van der Waals surface area (Å²) >= 11 is 0. The number of hydrogen-bond acceptors (Lipinski definition) is 11. The number of nitriles is 2. The summed E-state index contributed by atoms with van der Waals surface area (Å²) in [6.07, 6.45) is 10.8. The van der Waals surface area contributed by atoms with Gasteiger partial charge in [0.25, 0.3) is 0 Å². The fraction of sp³-hybridized carbons (Fsp3) is 0.429. The first-order chi connectivity index (χ1) is 30.5. The number of sulfonamides is 2. The van der Waals surface area contributed by atoms with Gasteiger partial charge in [-0.2, -0.15) is 28.5 Å². The van der Waals surface area contributed by atoms with Crippen molar-refractivity contribution in [1.82, 2.24) is 47.7 Å². The first kappa shape index (κ1) is 45.8. The Morgan fingerprint density at radius 2 is 1.30 bits per heavy atom. The summed E-state index contributed by atoms with van der Waals surface area (Å²) in [4.78, 5) is 19.0. The Morgan fingerprint density at radius 1 is 0.781 bits per heavy atom. The Hall–Kier alpha value is -6.24. The van der Waals surface area contributed by atoms with Crippen LogP contribution < -0.4 is 0 Å². The predicted molar refractivity (Wildman–Crippen MR) is 243 cm³/mol. The molecule has 1 N–H and O–H groups in total. The molecule has 6 aromatic heterocycles. The molecule has 2 saturated heterocycles. The van der Waals surface area contributed by atoms with Crippen LogP contribution in [0.25, 0.3) is 54.0 Å². The number of fused-ring (bicyclic) bond motifs is 2. The summed E-state index contributed by atoms with van der Waals surface area (Å²) < 4.78 is 62.6. The number of pyridine rings is 2. The highest BCUT2D eigenvalue weighted by Crippen LogP contribution is 2.42. The lowest BCUT2D eigenvalue weighted by Gasteiger charge is -2.46. The molecule has 6 aromatic rings. The largest absolute Gasteiger partial charge is 0.361 e. The molecule has 19 nitrogen and oxygen atoms in total. The van der Waals surface area contributed by atoms with Gasteiger partial charge in [0.05, 0.1) is 36.5 Å². The molecule has 2 aliphatic rings. The molecule has 2 aliphatic heterocycles. The van der Waals surface area contributed by atoms with Crippen LogP contribution in [0.3, 0.4) is 0 Å². The minimum Gasteiger partial charge on any atom is -0.361 e. The fourth-order valence-electron chi connectivity index (χ4n) is 7.88. The van der Waals surface area contributed by atoms with Crippen molar-refractivity contribution in [2.45, 2.75) is 70.2 Å². The molecule has 0 amide bonds. The minimum atomic E-state index is -3.36. The summed E-state index contributed by atoms with van der Waals surface area (Å²) in [6.45, 7) is 27.1. The number of nitrogens with one attached hydrogen (secondary N) is 1. The van der Waals surface area contributed by atoms with Crippen LogP contribution in [0.5, 0.6) is 0 Å². The molecule has 0 unspecified atom stereocenters. The molecule has 0 atom stereocenters. The van der Waals surface area contributed by atoms with E-state index in [0.29, 0.717) is 30.1 Å². The van der Waals surface area contributed by atoms with Crippen LogP contribution in [-0.2, 0) is 42.6 Å². The zero-order chi connectivity index (χ0) is 46.1. The second-order valence-electron chi connectivity index (χ2n) is 17.1. The number of rotatable bonds is 15. The maximum atomic E-state index is 12.3. The van der Waals surface area contributed by atoms with E-state index < -0.39 is 39.2 Å². The van der Waals surface area contributed by atoms with Crippen molar-refractivity contribution < 1.29 is 21.6 Å². The van der Waals surface area contributed by atoms with Gasteiger partial charge in [0, 0.05) is 99.9 Å². The quantitative estimate of drug-likeness (QED) is 0.0685. The molecular weight excluding hydrogens is 873 g/mol. The highest BCUT2D eigenvalue weighted by molar-refractivity contribution is 7.89. The van der Waals surface area contributed by atoms with Gasteiger partial charge >= 0.3 is 11.6 Å². The Bertz CT molecular complexity index is 3110. The molecule has 8 heterocycles. The molecule has 64 heavy (non-hydrogen) atoms. The molecule has 0 saturated carbocycles. The van der Waals surface area contributed by atoms with Crippen molar-refractivity contribution in [2.75, 3.05) is 44.3 Å². The molecule has 0 aromatic carbocycles. The number of ether oxygens (including phenoxy) is 1. The molecule has 22 heteroatoms. The Labute approximate surface area is 373 Å². The topological polar surface area (TPSA) is 222 Å². The lowest BCUT2D eigenvalue weighted by molar-refractivity contribution is 0.0722. The van der Waals surface area contributed by atoms with Crippen LogP contribution in [0.1, 0.15) is 26.7 Å². The van der Waals surface area contributed by atoms with Gasteiger partial charge in [0.1, 0.15) is 29.1 Å². The molecule has 332 valence electrons. The average molecular weight is 921 g/mol. The second kappa shape index (κ2) is 17.7.